The van der Waals surface area contributed by atoms with E-state index < -0.39 is 0 Å². The minimum atomic E-state index is -0.190. The Morgan fingerprint density at radius 2 is 2.35 bits per heavy atom. The lowest BCUT2D eigenvalue weighted by molar-refractivity contribution is 0.0908. The Balaban J connectivity index is 1.43. The average Bonchev–Trinajstić information content (AvgIpc) is 3.25. The summed E-state index contributed by atoms with van der Waals surface area (Å²) in [5, 5.41) is 9.99. The van der Waals surface area contributed by atoms with Gasteiger partial charge in [0.1, 0.15) is 11.9 Å². The average molecular weight is 318 g/mol. The summed E-state index contributed by atoms with van der Waals surface area (Å²) in [7, 11) is 1.93. The highest BCUT2D eigenvalue weighted by Gasteiger charge is 2.33. The summed E-state index contributed by atoms with van der Waals surface area (Å²) in [4.78, 5) is 16.3. The molecule has 0 spiro atoms. The van der Waals surface area contributed by atoms with Crippen molar-refractivity contribution in [2.75, 3.05) is 13.2 Å². The van der Waals surface area contributed by atoms with Crippen molar-refractivity contribution in [3.8, 4) is 0 Å². The third-order valence-corrected chi connectivity index (χ3v) is 3.93. The van der Waals surface area contributed by atoms with Crippen molar-refractivity contribution in [2.24, 2.45) is 7.05 Å². The Labute approximate surface area is 134 Å². The van der Waals surface area contributed by atoms with Crippen molar-refractivity contribution in [1.82, 2.24) is 30.0 Å². The molecule has 3 rings (SSSR count). The van der Waals surface area contributed by atoms with Crippen LogP contribution in [0.5, 0.6) is 0 Å². The molecule has 3 heterocycles. The molecule has 0 aliphatic carbocycles. The number of rotatable bonds is 6. The Kier molecular flexibility index (Phi) is 4.92. The molecular weight excluding hydrogens is 296 g/mol. The van der Waals surface area contributed by atoms with Crippen molar-refractivity contribution >= 4 is 6.03 Å². The molecule has 0 aromatic carbocycles. The maximum atomic E-state index is 12.0. The molecule has 2 amide bonds. The minimum Gasteiger partial charge on any atom is -0.368 e. The topological polar surface area (TPSA) is 86.0 Å². The zero-order valence-corrected chi connectivity index (χ0v) is 13.2. The van der Waals surface area contributed by atoms with Crippen LogP contribution < -0.4 is 10.6 Å². The molecule has 0 radical (unpaired) electrons. The van der Waals surface area contributed by atoms with E-state index in [1.807, 2.05) is 34.8 Å². The summed E-state index contributed by atoms with van der Waals surface area (Å²) >= 11 is 0. The van der Waals surface area contributed by atoms with Gasteiger partial charge in [-0.25, -0.2) is 9.78 Å². The van der Waals surface area contributed by atoms with Crippen molar-refractivity contribution in [2.45, 2.75) is 31.5 Å². The zero-order chi connectivity index (χ0) is 16.1. The minimum absolute atomic E-state index is 0.0535. The molecule has 2 aromatic rings. The van der Waals surface area contributed by atoms with Crippen LogP contribution >= 0.6 is 0 Å². The quantitative estimate of drug-likeness (QED) is 0.773. The first-order valence-electron chi connectivity index (χ1n) is 7.84. The third kappa shape index (κ3) is 3.89. The van der Waals surface area contributed by atoms with Gasteiger partial charge in [0.2, 0.25) is 0 Å². The Hall–Kier alpha value is -2.35. The predicted molar refractivity (Wildman–Crippen MR) is 83.7 cm³/mol. The number of amides is 2. The maximum Gasteiger partial charge on any atom is 0.315 e. The highest BCUT2D eigenvalue weighted by atomic mass is 16.5. The molecule has 0 bridgehead atoms. The maximum absolute atomic E-state index is 12.0. The van der Waals surface area contributed by atoms with Crippen LogP contribution in [-0.4, -0.2) is 44.6 Å². The normalized spacial score (nSPS) is 20.6. The van der Waals surface area contributed by atoms with E-state index in [4.69, 9.17) is 4.74 Å². The van der Waals surface area contributed by atoms with Crippen LogP contribution in [0.4, 0.5) is 4.79 Å². The number of hydrogen-bond donors (Lipinski definition) is 2. The monoisotopic (exact) mass is 318 g/mol. The smallest absolute Gasteiger partial charge is 0.315 e. The van der Waals surface area contributed by atoms with Crippen LogP contribution in [0.3, 0.4) is 0 Å². The first-order chi connectivity index (χ1) is 11.2. The van der Waals surface area contributed by atoms with Crippen LogP contribution in [0, 0.1) is 0 Å². The molecular formula is C15H22N6O2. The molecule has 0 unspecified atom stereocenters. The van der Waals surface area contributed by atoms with Crippen molar-refractivity contribution < 1.29 is 9.53 Å². The number of aromatic nitrogens is 4. The number of hydrogen-bond acceptors (Lipinski definition) is 4. The van der Waals surface area contributed by atoms with Crippen LogP contribution in [0.2, 0.25) is 0 Å². The fraction of sp³-hybridized carbons (Fsp3) is 0.533. The molecule has 124 valence electrons. The number of nitrogens with zero attached hydrogens (tertiary/aromatic N) is 4. The van der Waals surface area contributed by atoms with Gasteiger partial charge in [-0.15, -0.1) is 0 Å². The van der Waals surface area contributed by atoms with Crippen LogP contribution in [0.25, 0.3) is 0 Å². The van der Waals surface area contributed by atoms with Gasteiger partial charge in [0.25, 0.3) is 0 Å². The second-order valence-electron chi connectivity index (χ2n) is 5.61. The second kappa shape index (κ2) is 7.28. The van der Waals surface area contributed by atoms with Crippen molar-refractivity contribution in [3.05, 3.63) is 36.7 Å². The fourth-order valence-electron chi connectivity index (χ4n) is 2.74. The molecule has 2 atom stereocenters. The molecule has 1 aliphatic heterocycles. The molecule has 2 aromatic heterocycles. The van der Waals surface area contributed by atoms with E-state index in [9.17, 15) is 4.79 Å². The number of aryl methyl sites for hydroxylation is 2. The first kappa shape index (κ1) is 15.5. The van der Waals surface area contributed by atoms with Crippen molar-refractivity contribution in [1.29, 1.82) is 0 Å². The van der Waals surface area contributed by atoms with E-state index in [0.717, 1.165) is 25.2 Å². The second-order valence-corrected chi connectivity index (χ2v) is 5.61. The Bertz CT molecular complexity index is 624. The van der Waals surface area contributed by atoms with Gasteiger partial charge in [0.05, 0.1) is 6.04 Å². The van der Waals surface area contributed by atoms with Gasteiger partial charge in [-0.05, 0) is 18.9 Å². The van der Waals surface area contributed by atoms with E-state index in [0.29, 0.717) is 13.2 Å². The standard InChI is InChI=1S/C15H22N6O2/c1-20-10-7-16-14(20)13-12(4-11-23-13)19-15(22)17-5-2-8-21-9-3-6-18-21/h3,6-7,9-10,12-13H,2,4-5,8,11H2,1H3,(H2,17,19,22)/t12-,13-/m0/s1. The summed E-state index contributed by atoms with van der Waals surface area (Å²) in [5.74, 6) is 0.839. The lowest BCUT2D eigenvalue weighted by atomic mass is 10.1. The van der Waals surface area contributed by atoms with E-state index in [-0.39, 0.29) is 18.2 Å². The zero-order valence-electron chi connectivity index (χ0n) is 13.2. The van der Waals surface area contributed by atoms with Gasteiger partial charge in [0.15, 0.2) is 0 Å². The predicted octanol–water partition coefficient (Wildman–Crippen LogP) is 0.836. The largest absolute Gasteiger partial charge is 0.368 e. The van der Waals surface area contributed by atoms with E-state index >= 15 is 0 Å². The van der Waals surface area contributed by atoms with E-state index in [2.05, 4.69) is 20.7 Å². The van der Waals surface area contributed by atoms with Crippen molar-refractivity contribution in [3.63, 3.8) is 0 Å². The van der Waals surface area contributed by atoms with Crippen LogP contribution in [-0.2, 0) is 18.3 Å². The Morgan fingerprint density at radius 3 is 3.09 bits per heavy atom. The number of urea groups is 1. The molecule has 1 fully saturated rings. The van der Waals surface area contributed by atoms with Crippen LogP contribution in [0.15, 0.2) is 30.9 Å². The summed E-state index contributed by atoms with van der Waals surface area (Å²) in [6, 6.07) is 1.67. The van der Waals surface area contributed by atoms with Gasteiger partial charge in [0, 0.05) is 51.5 Å². The van der Waals surface area contributed by atoms with Gasteiger partial charge in [-0.3, -0.25) is 4.68 Å². The lowest BCUT2D eigenvalue weighted by Crippen LogP contribution is -2.44. The summed E-state index contributed by atoms with van der Waals surface area (Å²) in [6.45, 7) is 2.02. The third-order valence-electron chi connectivity index (χ3n) is 3.93. The van der Waals surface area contributed by atoms with E-state index in [1.54, 1.807) is 12.4 Å². The lowest BCUT2D eigenvalue weighted by Gasteiger charge is -2.19. The molecule has 1 aliphatic rings. The molecule has 23 heavy (non-hydrogen) atoms. The number of imidazole rings is 1. The molecule has 2 N–H and O–H groups in total. The number of nitrogens with one attached hydrogen (secondary N) is 2. The number of carbonyl (C=O) groups is 1. The highest BCUT2D eigenvalue weighted by Crippen LogP contribution is 2.27. The van der Waals surface area contributed by atoms with E-state index in [1.165, 1.54) is 0 Å². The SMILES string of the molecule is Cn1ccnc1[C@H]1OCC[C@@H]1NC(=O)NCCCn1cccn1. The van der Waals surface area contributed by atoms with Gasteiger partial charge < -0.3 is 19.9 Å². The number of carbonyl (C=O) groups excluding carboxylic acids is 1. The molecule has 1 saturated heterocycles. The molecule has 8 heteroatoms. The first-order valence-corrected chi connectivity index (χ1v) is 7.84. The Morgan fingerprint density at radius 1 is 1.43 bits per heavy atom. The number of ether oxygens (including phenoxy) is 1. The fourth-order valence-corrected chi connectivity index (χ4v) is 2.74. The highest BCUT2D eigenvalue weighted by molar-refractivity contribution is 5.74. The summed E-state index contributed by atoms with van der Waals surface area (Å²) < 4.78 is 9.50. The summed E-state index contributed by atoms with van der Waals surface area (Å²) in [5.41, 5.74) is 0. The van der Waals surface area contributed by atoms with Gasteiger partial charge in [-0.1, -0.05) is 0 Å². The molecule has 8 nitrogen and oxygen atoms in total. The molecule has 0 saturated carbocycles. The van der Waals surface area contributed by atoms with Gasteiger partial charge in [-0.2, -0.15) is 5.10 Å². The summed E-state index contributed by atoms with van der Waals surface area (Å²) in [6.07, 6.45) is 8.71. The van der Waals surface area contributed by atoms with Gasteiger partial charge >= 0.3 is 6.03 Å². The van der Waals surface area contributed by atoms with Crippen LogP contribution in [0.1, 0.15) is 24.8 Å².